The lowest BCUT2D eigenvalue weighted by Gasteiger charge is -2.20. The summed E-state index contributed by atoms with van der Waals surface area (Å²) in [7, 11) is -4.09. The molecule has 3 nitrogen and oxygen atoms in total. The van der Waals surface area contributed by atoms with Crippen LogP contribution in [0.15, 0.2) is 28.9 Å². The molecule has 0 aliphatic carbocycles. The molecular weight excluding hydrogens is 231 g/mol. The summed E-state index contributed by atoms with van der Waals surface area (Å²) in [6, 6.07) is 3.90. The Hall–Kier alpha value is -0.410. The number of thiophene rings is 1. The third-order valence-corrected chi connectivity index (χ3v) is 4.44. The van der Waals surface area contributed by atoms with Gasteiger partial charge in [0.05, 0.1) is 0 Å². The summed E-state index contributed by atoms with van der Waals surface area (Å²) in [4.78, 5) is 19.1. The molecule has 5 heteroatoms. The number of hydrogen-bond donors (Lipinski definition) is 2. The van der Waals surface area contributed by atoms with Crippen LogP contribution in [0.4, 0.5) is 0 Å². The SMILES string of the molecule is CC(=CC(C)(C)c1cccs1)P(=O)(O)O. The van der Waals surface area contributed by atoms with E-state index in [0.29, 0.717) is 0 Å². The largest absolute Gasteiger partial charge is 0.351 e. The van der Waals surface area contributed by atoms with E-state index in [2.05, 4.69) is 0 Å². The van der Waals surface area contributed by atoms with E-state index >= 15 is 0 Å². The van der Waals surface area contributed by atoms with Crippen molar-refractivity contribution >= 4 is 18.9 Å². The molecule has 0 spiro atoms. The number of rotatable bonds is 3. The fourth-order valence-electron chi connectivity index (χ4n) is 1.32. The van der Waals surface area contributed by atoms with Crippen molar-refractivity contribution in [2.45, 2.75) is 26.2 Å². The normalized spacial score (nSPS) is 14.3. The molecule has 1 aromatic heterocycles. The van der Waals surface area contributed by atoms with Gasteiger partial charge in [0.2, 0.25) is 0 Å². The molecule has 0 amide bonds. The molecule has 0 aliphatic rings. The lowest BCUT2D eigenvalue weighted by atomic mass is 9.91. The summed E-state index contributed by atoms with van der Waals surface area (Å²) in [5.74, 6) is 0. The van der Waals surface area contributed by atoms with Crippen molar-refractivity contribution in [3.63, 3.8) is 0 Å². The summed E-state index contributed by atoms with van der Waals surface area (Å²) in [5, 5.41) is 2.08. The molecular formula is C10H15O3PS. The van der Waals surface area contributed by atoms with Crippen LogP contribution in [-0.2, 0) is 9.98 Å². The maximum absolute atomic E-state index is 11.0. The molecule has 1 heterocycles. The van der Waals surface area contributed by atoms with E-state index in [1.54, 1.807) is 17.4 Å². The average molecular weight is 246 g/mol. The summed E-state index contributed by atoms with van der Waals surface area (Å²) < 4.78 is 11.0. The number of allylic oxidation sites excluding steroid dienone is 2. The van der Waals surface area contributed by atoms with Crippen LogP contribution in [0, 0.1) is 0 Å². The zero-order valence-corrected chi connectivity index (χ0v) is 10.7. The molecule has 0 saturated heterocycles. The van der Waals surface area contributed by atoms with Gasteiger partial charge in [-0.25, -0.2) is 0 Å². The first-order valence-corrected chi connectivity index (χ1v) is 7.02. The van der Waals surface area contributed by atoms with E-state index in [1.807, 2.05) is 31.4 Å². The quantitative estimate of drug-likeness (QED) is 0.806. The van der Waals surface area contributed by atoms with Gasteiger partial charge in [0.15, 0.2) is 0 Å². The van der Waals surface area contributed by atoms with Gasteiger partial charge in [-0.2, -0.15) is 0 Å². The molecule has 15 heavy (non-hydrogen) atoms. The molecule has 0 aromatic carbocycles. The Morgan fingerprint density at radius 1 is 1.53 bits per heavy atom. The van der Waals surface area contributed by atoms with Gasteiger partial charge < -0.3 is 9.79 Å². The Morgan fingerprint density at radius 2 is 2.13 bits per heavy atom. The minimum Gasteiger partial charge on any atom is -0.321 e. The third-order valence-electron chi connectivity index (χ3n) is 2.19. The van der Waals surface area contributed by atoms with E-state index in [4.69, 9.17) is 9.79 Å². The Balaban J connectivity index is 3.05. The van der Waals surface area contributed by atoms with Crippen molar-refractivity contribution in [2.75, 3.05) is 0 Å². The molecule has 0 aliphatic heterocycles. The second-order valence-corrected chi connectivity index (χ2v) is 6.77. The van der Waals surface area contributed by atoms with Crippen molar-refractivity contribution in [2.24, 2.45) is 0 Å². The van der Waals surface area contributed by atoms with Crippen molar-refractivity contribution in [1.82, 2.24) is 0 Å². The number of hydrogen-bond acceptors (Lipinski definition) is 2. The monoisotopic (exact) mass is 246 g/mol. The van der Waals surface area contributed by atoms with Gasteiger partial charge in [-0.3, -0.25) is 4.57 Å². The minimum atomic E-state index is -4.09. The van der Waals surface area contributed by atoms with E-state index < -0.39 is 7.60 Å². The molecule has 2 N–H and O–H groups in total. The molecule has 0 saturated carbocycles. The van der Waals surface area contributed by atoms with E-state index in [1.165, 1.54) is 6.92 Å². The molecule has 84 valence electrons. The Labute approximate surface area is 93.6 Å². The summed E-state index contributed by atoms with van der Waals surface area (Å²) in [5.41, 5.74) is -0.334. The third kappa shape index (κ3) is 3.28. The van der Waals surface area contributed by atoms with Gasteiger partial charge in [-0.1, -0.05) is 26.0 Å². The van der Waals surface area contributed by atoms with Crippen LogP contribution in [0.3, 0.4) is 0 Å². The van der Waals surface area contributed by atoms with Crippen LogP contribution >= 0.6 is 18.9 Å². The highest BCUT2D eigenvalue weighted by Crippen LogP contribution is 2.46. The van der Waals surface area contributed by atoms with Crippen molar-refractivity contribution < 1.29 is 14.4 Å². The smallest absolute Gasteiger partial charge is 0.321 e. The lowest BCUT2D eigenvalue weighted by molar-refractivity contribution is 0.381. The lowest BCUT2D eigenvalue weighted by Crippen LogP contribution is -2.12. The summed E-state index contributed by atoms with van der Waals surface area (Å²) in [6.45, 7) is 5.35. The second-order valence-electron chi connectivity index (χ2n) is 4.03. The Morgan fingerprint density at radius 3 is 2.53 bits per heavy atom. The maximum Gasteiger partial charge on any atom is 0.351 e. The van der Waals surface area contributed by atoms with Crippen LogP contribution in [0.1, 0.15) is 25.6 Å². The van der Waals surface area contributed by atoms with Crippen molar-refractivity contribution in [3.8, 4) is 0 Å². The Kier molecular flexibility index (Phi) is 3.56. The molecule has 1 rings (SSSR count). The van der Waals surface area contributed by atoms with E-state index in [9.17, 15) is 4.57 Å². The van der Waals surface area contributed by atoms with Gasteiger partial charge in [0.1, 0.15) is 0 Å². The zero-order chi connectivity index (χ0) is 11.7. The van der Waals surface area contributed by atoms with Crippen molar-refractivity contribution in [3.05, 3.63) is 33.8 Å². The summed E-state index contributed by atoms with van der Waals surface area (Å²) in [6.07, 6.45) is 1.64. The fourth-order valence-corrected chi connectivity index (χ4v) is 2.64. The van der Waals surface area contributed by atoms with Gasteiger partial charge in [-0.15, -0.1) is 11.3 Å². The van der Waals surface area contributed by atoms with Crippen molar-refractivity contribution in [1.29, 1.82) is 0 Å². The van der Waals surface area contributed by atoms with Crippen LogP contribution in [0.5, 0.6) is 0 Å². The summed E-state index contributed by atoms with van der Waals surface area (Å²) >= 11 is 1.58. The molecule has 0 radical (unpaired) electrons. The van der Waals surface area contributed by atoms with Crippen LogP contribution in [0.2, 0.25) is 0 Å². The Bertz CT molecular complexity index is 400. The molecule has 1 aromatic rings. The predicted molar refractivity (Wildman–Crippen MR) is 63.1 cm³/mol. The van der Waals surface area contributed by atoms with Gasteiger partial charge in [0.25, 0.3) is 0 Å². The highest BCUT2D eigenvalue weighted by molar-refractivity contribution is 7.56. The average Bonchev–Trinajstić information content (AvgIpc) is 2.52. The predicted octanol–water partition coefficient (Wildman–Crippen LogP) is 3.11. The van der Waals surface area contributed by atoms with Crippen LogP contribution < -0.4 is 0 Å². The molecule has 0 bridgehead atoms. The minimum absolute atomic E-state index is 0.126. The first-order valence-electron chi connectivity index (χ1n) is 4.53. The van der Waals surface area contributed by atoms with E-state index in [0.717, 1.165) is 4.88 Å². The van der Waals surface area contributed by atoms with Gasteiger partial charge >= 0.3 is 7.60 Å². The molecule has 0 fully saturated rings. The zero-order valence-electron chi connectivity index (χ0n) is 8.97. The standard InChI is InChI=1S/C10H15O3PS/c1-8(14(11,12)13)7-10(2,3)9-5-4-6-15-9/h4-7H,1-3H3,(H2,11,12,13). The van der Waals surface area contributed by atoms with Crippen LogP contribution in [0.25, 0.3) is 0 Å². The molecule has 0 atom stereocenters. The topological polar surface area (TPSA) is 57.5 Å². The van der Waals surface area contributed by atoms with E-state index in [-0.39, 0.29) is 10.7 Å². The first kappa shape index (κ1) is 12.7. The van der Waals surface area contributed by atoms with Gasteiger partial charge in [0, 0.05) is 15.6 Å². The van der Waals surface area contributed by atoms with Gasteiger partial charge in [-0.05, 0) is 18.4 Å². The van der Waals surface area contributed by atoms with Crippen LogP contribution in [-0.4, -0.2) is 9.79 Å². The fraction of sp³-hybridized carbons (Fsp3) is 0.400. The maximum atomic E-state index is 11.0. The highest BCUT2D eigenvalue weighted by Gasteiger charge is 2.24. The second kappa shape index (κ2) is 4.22. The highest BCUT2D eigenvalue weighted by atomic mass is 32.1. The first-order chi connectivity index (χ1) is 6.73. The molecule has 0 unspecified atom stereocenters.